The molecule has 0 spiro atoms. The molecule has 5 rings (SSSR count). The van der Waals surface area contributed by atoms with Crippen LogP contribution in [0.3, 0.4) is 0 Å². The first kappa shape index (κ1) is 20.7. The van der Waals surface area contributed by atoms with Crippen LogP contribution in [-0.4, -0.2) is 54.1 Å². The first-order valence-corrected chi connectivity index (χ1v) is 10.4. The second-order valence-corrected chi connectivity index (χ2v) is 7.93. The Morgan fingerprint density at radius 2 is 2.09 bits per heavy atom. The van der Waals surface area contributed by atoms with Crippen LogP contribution in [0.4, 0.5) is 14.9 Å². The van der Waals surface area contributed by atoms with Crippen LogP contribution in [0.15, 0.2) is 42.7 Å². The number of imidazole rings is 1. The van der Waals surface area contributed by atoms with Gasteiger partial charge in [-0.15, -0.1) is 10.2 Å². The number of pyridine rings is 1. The van der Waals surface area contributed by atoms with Crippen LogP contribution in [0, 0.1) is 5.82 Å². The normalized spacial score (nSPS) is 15.9. The van der Waals surface area contributed by atoms with Crippen LogP contribution >= 0.6 is 0 Å². The lowest BCUT2D eigenvalue weighted by Gasteiger charge is -2.14. The van der Waals surface area contributed by atoms with Gasteiger partial charge in [0.2, 0.25) is 5.82 Å². The van der Waals surface area contributed by atoms with E-state index in [1.807, 2.05) is 0 Å². The molecule has 11 heteroatoms. The third-order valence-electron chi connectivity index (χ3n) is 5.46. The van der Waals surface area contributed by atoms with Crippen molar-refractivity contribution in [2.75, 3.05) is 11.4 Å². The lowest BCUT2D eigenvalue weighted by Crippen LogP contribution is -2.24. The van der Waals surface area contributed by atoms with E-state index in [2.05, 4.69) is 20.4 Å². The fourth-order valence-corrected chi connectivity index (χ4v) is 3.80. The number of benzene rings is 1. The van der Waals surface area contributed by atoms with Gasteiger partial charge in [-0.05, 0) is 48.9 Å². The number of Topliss-reactive ketones (excluding diaryl/α,β-unsaturated/α-hetero) is 1. The molecule has 10 nitrogen and oxygen atoms in total. The summed E-state index contributed by atoms with van der Waals surface area (Å²) in [6.45, 7) is 1.78. The van der Waals surface area contributed by atoms with Gasteiger partial charge < -0.3 is 13.9 Å². The van der Waals surface area contributed by atoms with Crippen LogP contribution < -0.4 is 4.90 Å². The zero-order valence-corrected chi connectivity index (χ0v) is 18.0. The van der Waals surface area contributed by atoms with E-state index in [0.717, 1.165) is 0 Å². The number of nitrogens with zero attached hydrogens (tertiary/aromatic N) is 7. The van der Waals surface area contributed by atoms with Crippen molar-refractivity contribution >= 4 is 23.2 Å². The molecule has 1 saturated heterocycles. The number of carbonyl (C=O) groups excluding carboxylic acids is 2. The third-order valence-corrected chi connectivity index (χ3v) is 5.46. The summed E-state index contributed by atoms with van der Waals surface area (Å²) >= 11 is 0. The second kappa shape index (κ2) is 8.08. The van der Waals surface area contributed by atoms with Gasteiger partial charge in [0.15, 0.2) is 0 Å². The number of hydrogen-bond acceptors (Lipinski definition) is 7. The van der Waals surface area contributed by atoms with Gasteiger partial charge in [0.1, 0.15) is 29.0 Å². The highest BCUT2D eigenvalue weighted by atomic mass is 19.1. The molecule has 1 fully saturated rings. The molecule has 0 bridgehead atoms. The molecule has 0 radical (unpaired) electrons. The number of amides is 1. The molecule has 1 aliphatic rings. The maximum atomic E-state index is 15.1. The first-order chi connectivity index (χ1) is 15.9. The Morgan fingerprint density at radius 1 is 1.24 bits per heavy atom. The first-order valence-electron chi connectivity index (χ1n) is 10.4. The number of ketones is 1. The average Bonchev–Trinajstić information content (AvgIpc) is 3.49. The van der Waals surface area contributed by atoms with Crippen LogP contribution in [0.25, 0.3) is 28.3 Å². The van der Waals surface area contributed by atoms with Crippen molar-refractivity contribution < 1.29 is 18.7 Å². The van der Waals surface area contributed by atoms with E-state index in [9.17, 15) is 9.59 Å². The number of aryl methyl sites for hydroxylation is 1. The zero-order chi connectivity index (χ0) is 23.1. The fraction of sp³-hybridized carbons (Fsp3) is 0.273. The number of cyclic esters (lactones) is 1. The molecular formula is C22H20FN7O3. The minimum atomic E-state index is -0.541. The maximum Gasteiger partial charge on any atom is 0.414 e. The number of ether oxygens (including phenoxy) is 1. The summed E-state index contributed by atoms with van der Waals surface area (Å²) in [5.41, 5.74) is 2.66. The minimum Gasteiger partial charge on any atom is -0.444 e. The van der Waals surface area contributed by atoms with Gasteiger partial charge in [-0.25, -0.2) is 14.2 Å². The van der Waals surface area contributed by atoms with E-state index < -0.39 is 11.9 Å². The van der Waals surface area contributed by atoms with Gasteiger partial charge in [0.05, 0.1) is 19.3 Å². The Kier molecular flexibility index (Phi) is 5.08. The minimum absolute atomic E-state index is 0.0369. The Hall–Kier alpha value is -4.15. The predicted molar refractivity (Wildman–Crippen MR) is 116 cm³/mol. The standard InChI is InChI=1S/C22H20FN7O3/c1-13(31)3-6-16-11-30(22(32)33-16)15-5-7-17(18(23)9-15)14-4-8-20-24-19(12-29(20)10-14)21-25-27-28(2)26-21/h4-5,7-10,12,16H,3,6,11H2,1-2H3/t16-/m0/s1. The summed E-state index contributed by atoms with van der Waals surface area (Å²) in [6.07, 6.45) is 3.39. The predicted octanol–water partition coefficient (Wildman–Crippen LogP) is 3.03. The van der Waals surface area contributed by atoms with E-state index >= 15 is 4.39 Å². The molecule has 0 saturated carbocycles. The summed E-state index contributed by atoms with van der Waals surface area (Å²) in [7, 11) is 1.67. The van der Waals surface area contributed by atoms with Gasteiger partial charge in [0.25, 0.3) is 0 Å². The summed E-state index contributed by atoms with van der Waals surface area (Å²) in [4.78, 5) is 30.6. The maximum absolute atomic E-state index is 15.1. The van der Waals surface area contributed by atoms with E-state index in [4.69, 9.17) is 4.74 Å². The van der Waals surface area contributed by atoms with Gasteiger partial charge in [0, 0.05) is 29.9 Å². The van der Waals surface area contributed by atoms with E-state index in [0.29, 0.717) is 46.8 Å². The van der Waals surface area contributed by atoms with Crippen molar-refractivity contribution in [3.05, 3.63) is 48.5 Å². The number of tetrazole rings is 1. The quantitative estimate of drug-likeness (QED) is 0.445. The molecule has 168 valence electrons. The zero-order valence-electron chi connectivity index (χ0n) is 18.0. The Bertz CT molecular complexity index is 1380. The number of anilines is 1. The van der Waals surface area contributed by atoms with Crippen molar-refractivity contribution in [3.8, 4) is 22.6 Å². The Balaban J connectivity index is 1.39. The third kappa shape index (κ3) is 4.04. The highest BCUT2D eigenvalue weighted by molar-refractivity contribution is 5.90. The van der Waals surface area contributed by atoms with Crippen molar-refractivity contribution in [1.82, 2.24) is 29.6 Å². The number of hydrogen-bond donors (Lipinski definition) is 0. The van der Waals surface area contributed by atoms with Crippen LogP contribution in [0.2, 0.25) is 0 Å². The topological polar surface area (TPSA) is 108 Å². The molecule has 1 amide bonds. The van der Waals surface area contributed by atoms with Crippen LogP contribution in [0.5, 0.6) is 0 Å². The number of aromatic nitrogens is 6. The molecule has 1 aromatic carbocycles. The largest absolute Gasteiger partial charge is 0.444 e. The summed E-state index contributed by atoms with van der Waals surface area (Å²) in [5, 5.41) is 11.9. The van der Waals surface area contributed by atoms with Crippen LogP contribution in [-0.2, 0) is 16.6 Å². The number of fused-ring (bicyclic) bond motifs is 1. The molecule has 0 aliphatic carbocycles. The number of carbonyl (C=O) groups is 2. The second-order valence-electron chi connectivity index (χ2n) is 7.93. The molecule has 3 aromatic heterocycles. The molecular weight excluding hydrogens is 429 g/mol. The highest BCUT2D eigenvalue weighted by Crippen LogP contribution is 2.30. The summed E-state index contributed by atoms with van der Waals surface area (Å²) in [5.74, 6) is -0.0324. The molecule has 0 N–H and O–H groups in total. The fourth-order valence-electron chi connectivity index (χ4n) is 3.80. The number of halogens is 1. The van der Waals surface area contributed by atoms with Crippen molar-refractivity contribution in [1.29, 1.82) is 0 Å². The lowest BCUT2D eigenvalue weighted by atomic mass is 10.1. The van der Waals surface area contributed by atoms with Crippen molar-refractivity contribution in [2.45, 2.75) is 25.9 Å². The van der Waals surface area contributed by atoms with E-state index in [1.54, 1.807) is 48.1 Å². The Morgan fingerprint density at radius 3 is 2.82 bits per heavy atom. The van der Waals surface area contributed by atoms with Gasteiger partial charge in [-0.3, -0.25) is 4.90 Å². The van der Waals surface area contributed by atoms with Gasteiger partial charge in [-0.1, -0.05) is 0 Å². The summed E-state index contributed by atoms with van der Waals surface area (Å²) < 4.78 is 22.1. The SMILES string of the molecule is CC(=O)CC[C@H]1CN(c2ccc(-c3ccc4nc(-c5nnn(C)n5)cn4c3)c(F)c2)C(=O)O1. The summed E-state index contributed by atoms with van der Waals surface area (Å²) in [6, 6.07) is 8.18. The monoisotopic (exact) mass is 449 g/mol. The van der Waals surface area contributed by atoms with E-state index in [1.165, 1.54) is 22.7 Å². The number of rotatable bonds is 6. The van der Waals surface area contributed by atoms with Crippen molar-refractivity contribution in [2.24, 2.45) is 7.05 Å². The van der Waals surface area contributed by atoms with Crippen molar-refractivity contribution in [3.63, 3.8) is 0 Å². The molecule has 4 heterocycles. The van der Waals surface area contributed by atoms with Gasteiger partial charge >= 0.3 is 6.09 Å². The highest BCUT2D eigenvalue weighted by Gasteiger charge is 2.32. The smallest absolute Gasteiger partial charge is 0.414 e. The molecule has 0 unspecified atom stereocenters. The average molecular weight is 449 g/mol. The molecule has 4 aromatic rings. The molecule has 1 atom stereocenters. The lowest BCUT2D eigenvalue weighted by molar-refractivity contribution is -0.117. The van der Waals surface area contributed by atoms with Crippen LogP contribution in [0.1, 0.15) is 19.8 Å². The Labute approximate surface area is 187 Å². The molecule has 1 aliphatic heterocycles. The van der Waals surface area contributed by atoms with E-state index in [-0.39, 0.29) is 18.4 Å². The van der Waals surface area contributed by atoms with Gasteiger partial charge in [-0.2, -0.15) is 4.80 Å². The molecule has 33 heavy (non-hydrogen) atoms.